The summed E-state index contributed by atoms with van der Waals surface area (Å²) in [4.78, 5) is 4.56. The molecule has 106 valence electrons. The first kappa shape index (κ1) is 13.4. The van der Waals surface area contributed by atoms with Crippen LogP contribution in [0.15, 0.2) is 47.5 Å². The molecule has 1 heterocycles. The van der Waals surface area contributed by atoms with Crippen molar-refractivity contribution in [3.63, 3.8) is 0 Å². The van der Waals surface area contributed by atoms with E-state index in [1.165, 1.54) is 5.56 Å². The van der Waals surface area contributed by atoms with Gasteiger partial charge in [-0.2, -0.15) is 0 Å². The normalized spacial score (nSPS) is 11.6. The highest BCUT2D eigenvalue weighted by Gasteiger charge is 2.12. The Morgan fingerprint density at radius 2 is 1.81 bits per heavy atom. The van der Waals surface area contributed by atoms with Gasteiger partial charge in [-0.15, -0.1) is 0 Å². The third-order valence-electron chi connectivity index (χ3n) is 4.02. The molecule has 1 aromatic heterocycles. The van der Waals surface area contributed by atoms with Crippen molar-refractivity contribution in [1.82, 2.24) is 4.57 Å². The maximum atomic E-state index is 10.3. The monoisotopic (exact) mass is 278 g/mol. The molecule has 0 bridgehead atoms. The molecule has 2 aromatic carbocycles. The van der Waals surface area contributed by atoms with Crippen LogP contribution in [0.5, 0.6) is 5.88 Å². The molecule has 3 rings (SSSR count). The van der Waals surface area contributed by atoms with Gasteiger partial charge in [0.15, 0.2) is 0 Å². The van der Waals surface area contributed by atoms with Crippen LogP contribution in [0.25, 0.3) is 10.9 Å². The summed E-state index contributed by atoms with van der Waals surface area (Å²) in [5.41, 5.74) is 5.06. The lowest BCUT2D eigenvalue weighted by Gasteiger charge is -2.03. The number of aliphatic imine (C=N–C) groups is 1. The van der Waals surface area contributed by atoms with Crippen LogP contribution in [0.4, 0.5) is 5.69 Å². The maximum Gasteiger partial charge on any atom is 0.200 e. The molecule has 0 fully saturated rings. The number of rotatable bonds is 2. The van der Waals surface area contributed by atoms with E-state index in [0.717, 1.165) is 27.7 Å². The lowest BCUT2D eigenvalue weighted by atomic mass is 10.1. The van der Waals surface area contributed by atoms with E-state index in [1.54, 1.807) is 10.8 Å². The second-order valence-electron chi connectivity index (χ2n) is 5.29. The van der Waals surface area contributed by atoms with E-state index in [1.807, 2.05) is 43.4 Å². The van der Waals surface area contributed by atoms with Crippen LogP contribution >= 0.6 is 0 Å². The summed E-state index contributed by atoms with van der Waals surface area (Å²) >= 11 is 0. The standard InChI is InChI=1S/C18H18N2O/c1-12-7-6-9-16(13(12)2)19-11-15-14-8-4-5-10-17(14)20(3)18(15)21/h4-11,21H,1-3H3. The molecular formula is C18H18N2O. The van der Waals surface area contributed by atoms with Crippen LogP contribution in [0.3, 0.4) is 0 Å². The molecule has 0 aliphatic rings. The first-order valence-electron chi connectivity index (χ1n) is 6.96. The van der Waals surface area contributed by atoms with Crippen LogP contribution in [-0.2, 0) is 7.05 Å². The Morgan fingerprint density at radius 3 is 2.62 bits per heavy atom. The molecule has 21 heavy (non-hydrogen) atoms. The summed E-state index contributed by atoms with van der Waals surface area (Å²) in [6.07, 6.45) is 1.75. The minimum absolute atomic E-state index is 0.241. The number of fused-ring (bicyclic) bond motifs is 1. The summed E-state index contributed by atoms with van der Waals surface area (Å²) in [5.74, 6) is 0.241. The molecule has 0 saturated carbocycles. The lowest BCUT2D eigenvalue weighted by molar-refractivity contribution is 0.434. The summed E-state index contributed by atoms with van der Waals surface area (Å²) in [6.45, 7) is 4.13. The van der Waals surface area contributed by atoms with E-state index in [9.17, 15) is 5.11 Å². The highest BCUT2D eigenvalue weighted by atomic mass is 16.3. The zero-order valence-corrected chi connectivity index (χ0v) is 12.5. The molecule has 1 N–H and O–H groups in total. The summed E-state index contributed by atoms with van der Waals surface area (Å²) in [5, 5.41) is 11.3. The summed E-state index contributed by atoms with van der Waals surface area (Å²) in [6, 6.07) is 14.0. The number of para-hydroxylation sites is 1. The molecular weight excluding hydrogens is 260 g/mol. The minimum Gasteiger partial charge on any atom is -0.494 e. The van der Waals surface area contributed by atoms with E-state index in [2.05, 4.69) is 24.9 Å². The fourth-order valence-corrected chi connectivity index (χ4v) is 2.55. The summed E-state index contributed by atoms with van der Waals surface area (Å²) in [7, 11) is 1.85. The molecule has 3 heteroatoms. The molecule has 0 spiro atoms. The van der Waals surface area contributed by atoms with Crippen LogP contribution in [-0.4, -0.2) is 15.9 Å². The van der Waals surface area contributed by atoms with Gasteiger partial charge in [0.05, 0.1) is 16.8 Å². The van der Waals surface area contributed by atoms with E-state index >= 15 is 0 Å². The van der Waals surface area contributed by atoms with Gasteiger partial charge in [0.2, 0.25) is 5.88 Å². The molecule has 0 amide bonds. The largest absolute Gasteiger partial charge is 0.494 e. The molecule has 0 aliphatic carbocycles. The van der Waals surface area contributed by atoms with Gasteiger partial charge in [0.1, 0.15) is 0 Å². The number of aromatic nitrogens is 1. The average molecular weight is 278 g/mol. The predicted octanol–water partition coefficient (Wildman–Crippen LogP) is 4.25. The topological polar surface area (TPSA) is 37.5 Å². The Balaban J connectivity index is 2.12. The minimum atomic E-state index is 0.241. The van der Waals surface area contributed by atoms with Gasteiger partial charge in [0.25, 0.3) is 0 Å². The Hall–Kier alpha value is -2.55. The van der Waals surface area contributed by atoms with E-state index in [4.69, 9.17) is 0 Å². The van der Waals surface area contributed by atoms with Crippen molar-refractivity contribution in [2.24, 2.45) is 12.0 Å². The van der Waals surface area contributed by atoms with Crippen molar-refractivity contribution in [3.8, 4) is 5.88 Å². The molecule has 3 aromatic rings. The van der Waals surface area contributed by atoms with E-state index in [0.29, 0.717) is 0 Å². The van der Waals surface area contributed by atoms with Crippen molar-refractivity contribution >= 4 is 22.8 Å². The van der Waals surface area contributed by atoms with Crippen molar-refractivity contribution in [1.29, 1.82) is 0 Å². The second-order valence-corrected chi connectivity index (χ2v) is 5.29. The third-order valence-corrected chi connectivity index (χ3v) is 4.02. The molecule has 0 aliphatic heterocycles. The quantitative estimate of drug-likeness (QED) is 0.699. The molecule has 0 saturated heterocycles. The predicted molar refractivity (Wildman–Crippen MR) is 87.8 cm³/mol. The van der Waals surface area contributed by atoms with Crippen LogP contribution in [0, 0.1) is 13.8 Å². The van der Waals surface area contributed by atoms with Gasteiger partial charge < -0.3 is 9.67 Å². The third kappa shape index (κ3) is 2.21. The maximum absolute atomic E-state index is 10.3. The Kier molecular flexibility index (Phi) is 3.26. The Morgan fingerprint density at radius 1 is 1.05 bits per heavy atom. The average Bonchev–Trinajstić information content (AvgIpc) is 2.73. The van der Waals surface area contributed by atoms with Gasteiger partial charge in [-0.05, 0) is 37.1 Å². The smallest absolute Gasteiger partial charge is 0.200 e. The second kappa shape index (κ2) is 5.09. The molecule has 3 nitrogen and oxygen atoms in total. The highest BCUT2D eigenvalue weighted by Crippen LogP contribution is 2.29. The van der Waals surface area contributed by atoms with Gasteiger partial charge in [-0.25, -0.2) is 0 Å². The fraction of sp³-hybridized carbons (Fsp3) is 0.167. The highest BCUT2D eigenvalue weighted by molar-refractivity contribution is 6.03. The number of nitrogens with zero attached hydrogens (tertiary/aromatic N) is 2. The van der Waals surface area contributed by atoms with Gasteiger partial charge in [0, 0.05) is 18.6 Å². The molecule has 0 radical (unpaired) electrons. The Bertz CT molecular complexity index is 844. The number of aromatic hydroxyl groups is 1. The number of hydrogen-bond donors (Lipinski definition) is 1. The van der Waals surface area contributed by atoms with E-state index < -0.39 is 0 Å². The van der Waals surface area contributed by atoms with Gasteiger partial charge in [-0.3, -0.25) is 4.99 Å². The van der Waals surface area contributed by atoms with Crippen molar-refractivity contribution in [3.05, 3.63) is 59.2 Å². The number of hydrogen-bond acceptors (Lipinski definition) is 2. The first-order chi connectivity index (χ1) is 10.1. The van der Waals surface area contributed by atoms with Crippen LogP contribution in [0.2, 0.25) is 0 Å². The summed E-state index contributed by atoms with van der Waals surface area (Å²) < 4.78 is 1.78. The van der Waals surface area contributed by atoms with Crippen LogP contribution in [0.1, 0.15) is 16.7 Å². The SMILES string of the molecule is Cc1cccc(N=Cc2c(O)n(C)c3ccccc23)c1C. The van der Waals surface area contributed by atoms with Gasteiger partial charge in [-0.1, -0.05) is 30.3 Å². The molecule has 0 unspecified atom stereocenters. The Labute approximate surface area is 124 Å². The van der Waals surface area contributed by atoms with Crippen molar-refractivity contribution in [2.45, 2.75) is 13.8 Å². The molecule has 0 atom stereocenters. The number of aryl methyl sites for hydroxylation is 2. The zero-order chi connectivity index (χ0) is 15.0. The zero-order valence-electron chi connectivity index (χ0n) is 12.5. The van der Waals surface area contributed by atoms with E-state index in [-0.39, 0.29) is 5.88 Å². The van der Waals surface area contributed by atoms with Crippen molar-refractivity contribution in [2.75, 3.05) is 0 Å². The lowest BCUT2D eigenvalue weighted by Crippen LogP contribution is -1.86. The van der Waals surface area contributed by atoms with Crippen molar-refractivity contribution < 1.29 is 5.11 Å². The van der Waals surface area contributed by atoms with Crippen LogP contribution < -0.4 is 0 Å². The fourth-order valence-electron chi connectivity index (χ4n) is 2.55. The van der Waals surface area contributed by atoms with Gasteiger partial charge >= 0.3 is 0 Å². The first-order valence-corrected chi connectivity index (χ1v) is 6.96. The number of benzene rings is 2.